The second-order valence-corrected chi connectivity index (χ2v) is 5.71. The van der Waals surface area contributed by atoms with Crippen LogP contribution in [0.15, 0.2) is 24.5 Å². The van der Waals surface area contributed by atoms with Gasteiger partial charge in [-0.3, -0.25) is 4.68 Å². The Morgan fingerprint density at radius 1 is 1.28 bits per heavy atom. The molecule has 0 aliphatic heterocycles. The molecule has 0 atom stereocenters. The zero-order valence-electron chi connectivity index (χ0n) is 11.0. The van der Waals surface area contributed by atoms with Crippen molar-refractivity contribution in [2.75, 3.05) is 5.32 Å². The summed E-state index contributed by atoms with van der Waals surface area (Å²) in [6.07, 6.45) is 3.55. The summed E-state index contributed by atoms with van der Waals surface area (Å²) in [6, 6.07) is 3.87. The number of halogens is 1. The van der Waals surface area contributed by atoms with Gasteiger partial charge in [-0.2, -0.15) is 5.10 Å². The predicted octanol–water partition coefficient (Wildman–Crippen LogP) is 3.51. The standard InChI is InChI=1S/C13H17ClN4/c1-13(2,3)9-7-12(15-8-10(9)14)16-11-5-6-18(4)17-11/h5-8H,1-4H3,(H,15,16,17). The fourth-order valence-electron chi connectivity index (χ4n) is 1.69. The van der Waals surface area contributed by atoms with Crippen LogP contribution in [0.4, 0.5) is 11.6 Å². The average Bonchev–Trinajstić information content (AvgIpc) is 2.65. The lowest BCUT2D eigenvalue weighted by Crippen LogP contribution is -2.12. The minimum atomic E-state index is -0.0133. The Labute approximate surface area is 112 Å². The summed E-state index contributed by atoms with van der Waals surface area (Å²) in [5, 5.41) is 8.10. The van der Waals surface area contributed by atoms with E-state index in [1.807, 2.05) is 25.4 Å². The highest BCUT2D eigenvalue weighted by molar-refractivity contribution is 6.31. The Hall–Kier alpha value is -1.55. The number of hydrogen-bond donors (Lipinski definition) is 1. The van der Waals surface area contributed by atoms with Crippen LogP contribution >= 0.6 is 11.6 Å². The Balaban J connectivity index is 2.30. The van der Waals surface area contributed by atoms with Crippen molar-refractivity contribution in [3.63, 3.8) is 0 Å². The third-order valence-electron chi connectivity index (χ3n) is 2.63. The van der Waals surface area contributed by atoms with Crippen molar-refractivity contribution in [2.45, 2.75) is 26.2 Å². The molecule has 0 aromatic carbocycles. The number of rotatable bonds is 2. The maximum absolute atomic E-state index is 6.18. The van der Waals surface area contributed by atoms with Crippen LogP contribution in [0.2, 0.25) is 5.02 Å². The molecule has 5 heteroatoms. The molecule has 2 rings (SSSR count). The van der Waals surface area contributed by atoms with E-state index in [2.05, 4.69) is 36.2 Å². The Bertz CT molecular complexity index is 554. The summed E-state index contributed by atoms with van der Waals surface area (Å²) >= 11 is 6.18. The van der Waals surface area contributed by atoms with Gasteiger partial charge in [0.2, 0.25) is 0 Å². The molecule has 96 valence electrons. The van der Waals surface area contributed by atoms with Gasteiger partial charge in [-0.05, 0) is 17.0 Å². The van der Waals surface area contributed by atoms with Crippen LogP contribution < -0.4 is 5.32 Å². The van der Waals surface area contributed by atoms with Crippen LogP contribution in [-0.4, -0.2) is 14.8 Å². The first kappa shape index (κ1) is 12.9. The van der Waals surface area contributed by atoms with Crippen molar-refractivity contribution in [1.29, 1.82) is 0 Å². The van der Waals surface area contributed by atoms with Crippen LogP contribution in [0.25, 0.3) is 0 Å². The summed E-state index contributed by atoms with van der Waals surface area (Å²) < 4.78 is 1.74. The minimum Gasteiger partial charge on any atom is -0.323 e. The Morgan fingerprint density at radius 3 is 2.56 bits per heavy atom. The number of hydrogen-bond acceptors (Lipinski definition) is 3. The maximum atomic E-state index is 6.18. The van der Waals surface area contributed by atoms with E-state index in [-0.39, 0.29) is 5.41 Å². The van der Waals surface area contributed by atoms with E-state index >= 15 is 0 Å². The summed E-state index contributed by atoms with van der Waals surface area (Å²) in [7, 11) is 1.88. The molecule has 0 unspecified atom stereocenters. The van der Waals surface area contributed by atoms with E-state index in [9.17, 15) is 0 Å². The van der Waals surface area contributed by atoms with E-state index in [1.54, 1.807) is 10.9 Å². The zero-order chi connectivity index (χ0) is 13.3. The number of nitrogens with one attached hydrogen (secondary N) is 1. The van der Waals surface area contributed by atoms with Gasteiger partial charge in [0.15, 0.2) is 5.82 Å². The topological polar surface area (TPSA) is 42.7 Å². The van der Waals surface area contributed by atoms with E-state index < -0.39 is 0 Å². The summed E-state index contributed by atoms with van der Waals surface area (Å²) in [5.41, 5.74) is 1.05. The normalized spacial score (nSPS) is 11.6. The summed E-state index contributed by atoms with van der Waals surface area (Å²) in [4.78, 5) is 4.26. The third-order valence-corrected chi connectivity index (χ3v) is 2.93. The van der Waals surface area contributed by atoms with Crippen molar-refractivity contribution in [1.82, 2.24) is 14.8 Å². The Kier molecular flexibility index (Phi) is 3.30. The maximum Gasteiger partial charge on any atom is 0.153 e. The van der Waals surface area contributed by atoms with Gasteiger partial charge in [0.25, 0.3) is 0 Å². The third kappa shape index (κ3) is 2.82. The highest BCUT2D eigenvalue weighted by Gasteiger charge is 2.18. The molecular weight excluding hydrogens is 248 g/mol. The van der Waals surface area contributed by atoms with Gasteiger partial charge in [0, 0.05) is 25.5 Å². The fourth-order valence-corrected chi connectivity index (χ4v) is 2.08. The first-order valence-corrected chi connectivity index (χ1v) is 6.17. The van der Waals surface area contributed by atoms with Gasteiger partial charge in [0.05, 0.1) is 5.02 Å². The molecule has 0 fully saturated rings. The van der Waals surface area contributed by atoms with Crippen molar-refractivity contribution in [3.8, 4) is 0 Å². The molecule has 0 radical (unpaired) electrons. The Morgan fingerprint density at radius 2 is 2.00 bits per heavy atom. The molecule has 0 aliphatic rings. The van der Waals surface area contributed by atoms with Crippen LogP contribution in [0.3, 0.4) is 0 Å². The lowest BCUT2D eigenvalue weighted by Gasteiger charge is -2.21. The van der Waals surface area contributed by atoms with Gasteiger partial charge >= 0.3 is 0 Å². The molecule has 0 amide bonds. The second kappa shape index (κ2) is 4.61. The quantitative estimate of drug-likeness (QED) is 0.903. The number of anilines is 2. The highest BCUT2D eigenvalue weighted by atomic mass is 35.5. The van der Waals surface area contributed by atoms with E-state index in [0.29, 0.717) is 5.02 Å². The van der Waals surface area contributed by atoms with E-state index in [1.165, 1.54) is 0 Å². The number of pyridine rings is 1. The molecule has 1 N–H and O–H groups in total. The van der Waals surface area contributed by atoms with Crippen molar-refractivity contribution < 1.29 is 0 Å². The first-order valence-electron chi connectivity index (χ1n) is 5.79. The number of nitrogens with zero attached hydrogens (tertiary/aromatic N) is 3. The smallest absolute Gasteiger partial charge is 0.153 e. The van der Waals surface area contributed by atoms with Crippen LogP contribution in [-0.2, 0) is 12.5 Å². The van der Waals surface area contributed by atoms with Crippen molar-refractivity contribution in [3.05, 3.63) is 35.1 Å². The fraction of sp³-hybridized carbons (Fsp3) is 0.385. The SMILES string of the molecule is Cn1ccc(Nc2cc(C(C)(C)C)c(Cl)cn2)n1. The molecule has 0 spiro atoms. The van der Waals surface area contributed by atoms with Crippen LogP contribution in [0.1, 0.15) is 26.3 Å². The molecule has 0 bridgehead atoms. The molecular formula is C13H17ClN4. The molecule has 2 aromatic heterocycles. The molecule has 0 saturated carbocycles. The number of aromatic nitrogens is 3. The van der Waals surface area contributed by atoms with Gasteiger partial charge < -0.3 is 5.32 Å². The lowest BCUT2D eigenvalue weighted by molar-refractivity contribution is 0.590. The largest absolute Gasteiger partial charge is 0.323 e. The van der Waals surface area contributed by atoms with E-state index in [0.717, 1.165) is 17.2 Å². The summed E-state index contributed by atoms with van der Waals surface area (Å²) in [5.74, 6) is 1.52. The highest BCUT2D eigenvalue weighted by Crippen LogP contribution is 2.30. The van der Waals surface area contributed by atoms with Crippen LogP contribution in [0, 0.1) is 0 Å². The molecule has 18 heavy (non-hydrogen) atoms. The average molecular weight is 265 g/mol. The van der Waals surface area contributed by atoms with Crippen LogP contribution in [0.5, 0.6) is 0 Å². The lowest BCUT2D eigenvalue weighted by atomic mass is 9.87. The van der Waals surface area contributed by atoms with Gasteiger partial charge in [-0.25, -0.2) is 4.98 Å². The first-order chi connectivity index (χ1) is 8.36. The van der Waals surface area contributed by atoms with Crippen molar-refractivity contribution in [2.24, 2.45) is 7.05 Å². The van der Waals surface area contributed by atoms with E-state index in [4.69, 9.17) is 11.6 Å². The monoisotopic (exact) mass is 264 g/mol. The molecule has 2 heterocycles. The molecule has 2 aromatic rings. The van der Waals surface area contributed by atoms with Gasteiger partial charge in [-0.1, -0.05) is 32.4 Å². The molecule has 0 aliphatic carbocycles. The van der Waals surface area contributed by atoms with Gasteiger partial charge in [-0.15, -0.1) is 0 Å². The second-order valence-electron chi connectivity index (χ2n) is 5.30. The molecule has 0 saturated heterocycles. The molecule has 4 nitrogen and oxygen atoms in total. The predicted molar refractivity (Wildman–Crippen MR) is 74.4 cm³/mol. The number of aryl methyl sites for hydroxylation is 1. The zero-order valence-corrected chi connectivity index (χ0v) is 11.8. The summed E-state index contributed by atoms with van der Waals surface area (Å²) in [6.45, 7) is 6.37. The minimum absolute atomic E-state index is 0.0133. The van der Waals surface area contributed by atoms with Gasteiger partial charge in [0.1, 0.15) is 5.82 Å². The van der Waals surface area contributed by atoms with Crippen molar-refractivity contribution >= 4 is 23.2 Å².